The second-order valence-corrected chi connectivity index (χ2v) is 4.56. The molecule has 1 atom stereocenters. The normalized spacial score (nSPS) is 12.0. The molecule has 5 nitrogen and oxygen atoms in total. The van der Waals surface area contributed by atoms with Crippen LogP contribution in [0.15, 0.2) is 42.5 Å². The van der Waals surface area contributed by atoms with E-state index in [1.165, 1.54) is 36.4 Å². The van der Waals surface area contributed by atoms with Crippen LogP contribution in [0.3, 0.4) is 0 Å². The molecule has 0 saturated carbocycles. The zero-order valence-electron chi connectivity index (χ0n) is 11.3. The van der Waals surface area contributed by atoms with E-state index in [0.717, 1.165) is 0 Å². The Hall–Kier alpha value is -2.47. The third-order valence-electron chi connectivity index (χ3n) is 3.03. The number of nitro groups is 1. The Kier molecular flexibility index (Phi) is 4.49. The summed E-state index contributed by atoms with van der Waals surface area (Å²) in [6, 6.07) is 10.1. The van der Waals surface area contributed by atoms with Gasteiger partial charge in [0, 0.05) is 17.7 Å². The highest BCUT2D eigenvalue weighted by Crippen LogP contribution is 2.25. The minimum Gasteiger partial charge on any atom is -0.490 e. The van der Waals surface area contributed by atoms with Crippen molar-refractivity contribution < 1.29 is 19.2 Å². The van der Waals surface area contributed by atoms with Crippen LogP contribution >= 0.6 is 0 Å². The van der Waals surface area contributed by atoms with Crippen molar-refractivity contribution in [2.75, 3.05) is 6.61 Å². The van der Waals surface area contributed by atoms with Crippen molar-refractivity contribution in [3.8, 4) is 5.75 Å². The molecule has 0 aliphatic heterocycles. The number of hydrogen-bond acceptors (Lipinski definition) is 4. The van der Waals surface area contributed by atoms with Crippen molar-refractivity contribution in [3.05, 3.63) is 69.5 Å². The van der Waals surface area contributed by atoms with Crippen molar-refractivity contribution in [2.24, 2.45) is 0 Å². The number of ether oxygens (including phenoxy) is 1. The number of aliphatic hydroxyl groups is 1. The third kappa shape index (κ3) is 3.55. The number of non-ortho nitro benzene ring substituents is 1. The molecule has 2 aromatic rings. The predicted molar refractivity (Wildman–Crippen MR) is 74.7 cm³/mol. The van der Waals surface area contributed by atoms with E-state index in [9.17, 15) is 19.6 Å². The average molecular weight is 291 g/mol. The Morgan fingerprint density at radius 2 is 2.05 bits per heavy atom. The first-order valence-electron chi connectivity index (χ1n) is 6.29. The number of rotatable bonds is 5. The second kappa shape index (κ2) is 6.32. The summed E-state index contributed by atoms with van der Waals surface area (Å²) >= 11 is 0. The maximum Gasteiger partial charge on any atom is 0.269 e. The van der Waals surface area contributed by atoms with Gasteiger partial charge in [-0.15, -0.1) is 0 Å². The summed E-state index contributed by atoms with van der Waals surface area (Å²) in [6.07, 6.45) is -1.11. The molecular formula is C15H14FNO4. The molecule has 0 aromatic heterocycles. The van der Waals surface area contributed by atoms with E-state index in [-0.39, 0.29) is 17.9 Å². The molecule has 0 aliphatic rings. The van der Waals surface area contributed by atoms with Gasteiger partial charge in [0.25, 0.3) is 5.69 Å². The van der Waals surface area contributed by atoms with Crippen LogP contribution in [0.4, 0.5) is 10.1 Å². The molecular weight excluding hydrogens is 277 g/mol. The van der Waals surface area contributed by atoms with Crippen molar-refractivity contribution in [2.45, 2.75) is 13.0 Å². The maximum absolute atomic E-state index is 13.5. The monoisotopic (exact) mass is 291 g/mol. The summed E-state index contributed by atoms with van der Waals surface area (Å²) in [5, 5.41) is 20.6. The van der Waals surface area contributed by atoms with Crippen LogP contribution < -0.4 is 4.74 Å². The Morgan fingerprint density at radius 3 is 2.67 bits per heavy atom. The van der Waals surface area contributed by atoms with Crippen LogP contribution in [0.25, 0.3) is 0 Å². The Labute approximate surface area is 120 Å². The van der Waals surface area contributed by atoms with Gasteiger partial charge >= 0.3 is 0 Å². The number of aryl methyl sites for hydroxylation is 1. The third-order valence-corrected chi connectivity index (χ3v) is 3.03. The number of hydrogen-bond donors (Lipinski definition) is 1. The summed E-state index contributed by atoms with van der Waals surface area (Å²) in [5.41, 5.74) is 0.691. The van der Waals surface area contributed by atoms with Crippen LogP contribution in [0, 0.1) is 22.9 Å². The van der Waals surface area contributed by atoms with Gasteiger partial charge in [-0.3, -0.25) is 10.1 Å². The smallest absolute Gasteiger partial charge is 0.269 e. The van der Waals surface area contributed by atoms with Crippen LogP contribution in [0.1, 0.15) is 17.2 Å². The zero-order valence-corrected chi connectivity index (χ0v) is 11.3. The number of benzene rings is 2. The van der Waals surface area contributed by atoms with Crippen LogP contribution in [-0.4, -0.2) is 16.6 Å². The molecule has 0 fully saturated rings. The first kappa shape index (κ1) is 14.9. The summed E-state index contributed by atoms with van der Waals surface area (Å²) < 4.78 is 18.9. The Bertz CT molecular complexity index is 660. The van der Waals surface area contributed by atoms with E-state index >= 15 is 0 Å². The van der Waals surface area contributed by atoms with Crippen molar-refractivity contribution >= 4 is 5.69 Å². The second-order valence-electron chi connectivity index (χ2n) is 4.56. The quantitative estimate of drug-likeness (QED) is 0.678. The molecule has 0 bridgehead atoms. The molecule has 0 spiro atoms. The molecule has 0 heterocycles. The van der Waals surface area contributed by atoms with Gasteiger partial charge in [-0.25, -0.2) is 4.39 Å². The lowest BCUT2D eigenvalue weighted by Crippen LogP contribution is -2.11. The van der Waals surface area contributed by atoms with E-state index in [1.807, 2.05) is 0 Å². The molecule has 0 saturated heterocycles. The summed E-state index contributed by atoms with van der Waals surface area (Å²) in [6.45, 7) is 1.53. The molecule has 1 N–H and O–H groups in total. The largest absolute Gasteiger partial charge is 0.490 e. The maximum atomic E-state index is 13.5. The lowest BCUT2D eigenvalue weighted by molar-refractivity contribution is -0.384. The molecule has 0 amide bonds. The standard InChI is InChI=1S/C15H14FNO4/c1-10-8-11(17(19)20)6-7-15(10)21-9-14(18)12-4-2-3-5-13(12)16/h2-8,14,18H,9H2,1H3. The highest BCUT2D eigenvalue weighted by molar-refractivity contribution is 5.43. The fourth-order valence-corrected chi connectivity index (χ4v) is 1.91. The van der Waals surface area contributed by atoms with Crippen LogP contribution in [-0.2, 0) is 0 Å². The van der Waals surface area contributed by atoms with Gasteiger partial charge in [0.1, 0.15) is 24.3 Å². The first-order chi connectivity index (χ1) is 9.99. The predicted octanol–water partition coefficient (Wildman–Crippen LogP) is 3.15. The molecule has 1 unspecified atom stereocenters. The van der Waals surface area contributed by atoms with Gasteiger partial charge < -0.3 is 9.84 Å². The fraction of sp³-hybridized carbons (Fsp3) is 0.200. The molecule has 2 rings (SSSR count). The molecule has 6 heteroatoms. The molecule has 21 heavy (non-hydrogen) atoms. The lowest BCUT2D eigenvalue weighted by atomic mass is 10.1. The van der Waals surface area contributed by atoms with Gasteiger partial charge in [0.15, 0.2) is 0 Å². The van der Waals surface area contributed by atoms with E-state index in [2.05, 4.69) is 0 Å². The van der Waals surface area contributed by atoms with Crippen LogP contribution in [0.5, 0.6) is 5.75 Å². The van der Waals surface area contributed by atoms with E-state index in [4.69, 9.17) is 4.74 Å². The Balaban J connectivity index is 2.06. The van der Waals surface area contributed by atoms with Crippen LogP contribution in [0.2, 0.25) is 0 Å². The van der Waals surface area contributed by atoms with E-state index in [1.54, 1.807) is 13.0 Å². The van der Waals surface area contributed by atoms with Crippen molar-refractivity contribution in [1.29, 1.82) is 0 Å². The number of halogens is 1. The minimum atomic E-state index is -1.11. The SMILES string of the molecule is Cc1cc([N+](=O)[O-])ccc1OCC(O)c1ccccc1F. The number of nitrogens with zero attached hydrogens (tertiary/aromatic N) is 1. The molecule has 2 aromatic carbocycles. The summed E-state index contributed by atoms with van der Waals surface area (Å²) in [5.74, 6) is -0.0926. The first-order valence-corrected chi connectivity index (χ1v) is 6.29. The minimum absolute atomic E-state index is 0.0329. The number of nitro benzene ring substituents is 1. The van der Waals surface area contributed by atoms with Crippen molar-refractivity contribution in [3.63, 3.8) is 0 Å². The fourth-order valence-electron chi connectivity index (χ4n) is 1.91. The highest BCUT2D eigenvalue weighted by atomic mass is 19.1. The topological polar surface area (TPSA) is 72.6 Å². The average Bonchev–Trinajstić information content (AvgIpc) is 2.46. The van der Waals surface area contributed by atoms with Crippen molar-refractivity contribution in [1.82, 2.24) is 0 Å². The van der Waals surface area contributed by atoms with Gasteiger partial charge in [-0.1, -0.05) is 18.2 Å². The lowest BCUT2D eigenvalue weighted by Gasteiger charge is -2.14. The van der Waals surface area contributed by atoms with Gasteiger partial charge in [-0.2, -0.15) is 0 Å². The van der Waals surface area contributed by atoms with Gasteiger partial charge in [0.05, 0.1) is 4.92 Å². The summed E-state index contributed by atoms with van der Waals surface area (Å²) in [7, 11) is 0. The zero-order chi connectivity index (χ0) is 15.4. The molecule has 110 valence electrons. The number of aliphatic hydroxyl groups excluding tert-OH is 1. The van der Waals surface area contributed by atoms with Gasteiger partial charge in [0.2, 0.25) is 0 Å². The Morgan fingerprint density at radius 1 is 1.33 bits per heavy atom. The highest BCUT2D eigenvalue weighted by Gasteiger charge is 2.14. The van der Waals surface area contributed by atoms with E-state index in [0.29, 0.717) is 11.3 Å². The molecule has 0 radical (unpaired) electrons. The molecule has 0 aliphatic carbocycles. The van der Waals surface area contributed by atoms with Gasteiger partial charge in [-0.05, 0) is 24.6 Å². The summed E-state index contributed by atoms with van der Waals surface area (Å²) in [4.78, 5) is 10.1. The van der Waals surface area contributed by atoms with E-state index < -0.39 is 16.8 Å².